The van der Waals surface area contributed by atoms with E-state index in [0.717, 1.165) is 23.8 Å². The third-order valence-corrected chi connectivity index (χ3v) is 5.90. The molecule has 3 rings (SSSR count). The van der Waals surface area contributed by atoms with Gasteiger partial charge in [0.25, 0.3) is 0 Å². The SMILES string of the molecule is CC[C@H](C(=O)Nc1ccc(Cc2ccncc2)cc1)N(c1ccccc1)S(C)(=O)=O. The molecule has 1 amide bonds. The van der Waals surface area contributed by atoms with E-state index in [0.29, 0.717) is 17.8 Å². The van der Waals surface area contributed by atoms with Gasteiger partial charge in [0.05, 0.1) is 11.9 Å². The number of hydrogen-bond acceptors (Lipinski definition) is 4. The van der Waals surface area contributed by atoms with Gasteiger partial charge in [-0.15, -0.1) is 0 Å². The molecule has 7 heteroatoms. The van der Waals surface area contributed by atoms with E-state index < -0.39 is 16.1 Å². The Morgan fingerprint density at radius 2 is 1.57 bits per heavy atom. The van der Waals surface area contributed by atoms with Gasteiger partial charge in [-0.3, -0.25) is 14.1 Å². The third kappa shape index (κ3) is 5.45. The van der Waals surface area contributed by atoms with Crippen molar-refractivity contribution in [3.05, 3.63) is 90.3 Å². The number of nitrogens with one attached hydrogen (secondary N) is 1. The Balaban J connectivity index is 1.75. The first-order chi connectivity index (χ1) is 14.4. The molecule has 0 unspecified atom stereocenters. The molecule has 6 nitrogen and oxygen atoms in total. The minimum atomic E-state index is -3.64. The number of anilines is 2. The fourth-order valence-electron chi connectivity index (χ4n) is 3.30. The minimum absolute atomic E-state index is 0.341. The van der Waals surface area contributed by atoms with Gasteiger partial charge in [-0.2, -0.15) is 0 Å². The number of rotatable bonds is 8. The summed E-state index contributed by atoms with van der Waals surface area (Å²) in [6.07, 6.45) is 5.74. The molecule has 0 aliphatic rings. The van der Waals surface area contributed by atoms with E-state index in [-0.39, 0.29) is 5.91 Å². The van der Waals surface area contributed by atoms with Crippen molar-refractivity contribution in [1.82, 2.24) is 4.98 Å². The van der Waals surface area contributed by atoms with Gasteiger partial charge in [-0.05, 0) is 60.4 Å². The zero-order chi connectivity index (χ0) is 21.6. The molecule has 1 atom stereocenters. The molecule has 0 radical (unpaired) electrons. The van der Waals surface area contributed by atoms with Gasteiger partial charge in [0.2, 0.25) is 15.9 Å². The van der Waals surface area contributed by atoms with Crippen LogP contribution in [0.4, 0.5) is 11.4 Å². The van der Waals surface area contributed by atoms with Gasteiger partial charge in [0.15, 0.2) is 0 Å². The van der Waals surface area contributed by atoms with Crippen LogP contribution in [0.15, 0.2) is 79.1 Å². The van der Waals surface area contributed by atoms with Crippen molar-refractivity contribution in [2.75, 3.05) is 15.9 Å². The van der Waals surface area contributed by atoms with E-state index >= 15 is 0 Å². The first-order valence-corrected chi connectivity index (χ1v) is 11.6. The van der Waals surface area contributed by atoms with Crippen LogP contribution in [-0.2, 0) is 21.2 Å². The van der Waals surface area contributed by atoms with E-state index in [9.17, 15) is 13.2 Å². The van der Waals surface area contributed by atoms with Gasteiger partial charge < -0.3 is 5.32 Å². The number of carbonyl (C=O) groups is 1. The summed E-state index contributed by atoms with van der Waals surface area (Å²) in [6, 6.07) is 19.3. The molecule has 2 aromatic carbocycles. The normalized spacial score (nSPS) is 12.2. The van der Waals surface area contributed by atoms with Crippen molar-refractivity contribution in [3.8, 4) is 0 Å². The van der Waals surface area contributed by atoms with Crippen molar-refractivity contribution in [2.24, 2.45) is 0 Å². The molecular weight excluding hydrogens is 398 g/mol. The number of amides is 1. The maximum absolute atomic E-state index is 13.0. The highest BCUT2D eigenvalue weighted by molar-refractivity contribution is 7.92. The first kappa shape index (κ1) is 21.5. The average Bonchev–Trinajstić information content (AvgIpc) is 2.73. The lowest BCUT2D eigenvalue weighted by Crippen LogP contribution is -2.46. The maximum atomic E-state index is 13.0. The molecule has 0 saturated heterocycles. The topological polar surface area (TPSA) is 79.4 Å². The van der Waals surface area contributed by atoms with Crippen LogP contribution in [0.1, 0.15) is 24.5 Å². The Bertz CT molecular complexity index is 1070. The molecule has 0 spiro atoms. The highest BCUT2D eigenvalue weighted by Gasteiger charge is 2.31. The summed E-state index contributed by atoms with van der Waals surface area (Å²) in [5.74, 6) is -0.367. The monoisotopic (exact) mass is 423 g/mol. The molecule has 0 aliphatic carbocycles. The lowest BCUT2D eigenvalue weighted by atomic mass is 10.1. The molecule has 30 heavy (non-hydrogen) atoms. The number of nitrogens with zero attached hydrogens (tertiary/aromatic N) is 2. The van der Waals surface area contributed by atoms with Crippen LogP contribution in [-0.4, -0.2) is 31.6 Å². The standard InChI is InChI=1S/C23H25N3O3S/c1-3-22(26(30(2,28)29)21-7-5-4-6-8-21)23(27)25-20-11-9-18(10-12-20)17-19-13-15-24-16-14-19/h4-16,22H,3,17H2,1-2H3,(H,25,27)/t22-/m1/s1. The van der Waals surface area contributed by atoms with Gasteiger partial charge in [0, 0.05) is 18.1 Å². The van der Waals surface area contributed by atoms with Crippen LogP contribution in [0.25, 0.3) is 0 Å². The molecule has 1 heterocycles. The Hall–Kier alpha value is -3.19. The third-order valence-electron chi connectivity index (χ3n) is 4.72. The summed E-state index contributed by atoms with van der Waals surface area (Å²) in [6.45, 7) is 1.79. The largest absolute Gasteiger partial charge is 0.324 e. The Morgan fingerprint density at radius 1 is 0.967 bits per heavy atom. The second-order valence-corrected chi connectivity index (χ2v) is 8.90. The fourth-order valence-corrected chi connectivity index (χ4v) is 4.51. The number of hydrogen-bond donors (Lipinski definition) is 1. The smallest absolute Gasteiger partial charge is 0.248 e. The maximum Gasteiger partial charge on any atom is 0.248 e. The van der Waals surface area contributed by atoms with Gasteiger partial charge in [-0.25, -0.2) is 8.42 Å². The molecule has 0 bridgehead atoms. The van der Waals surface area contributed by atoms with E-state index in [1.54, 1.807) is 49.6 Å². The predicted octanol–water partition coefficient (Wildman–Crippen LogP) is 3.86. The van der Waals surface area contributed by atoms with Crippen LogP contribution < -0.4 is 9.62 Å². The zero-order valence-electron chi connectivity index (χ0n) is 17.0. The molecule has 0 saturated carbocycles. The summed E-state index contributed by atoms with van der Waals surface area (Å²) in [4.78, 5) is 17.0. The number of sulfonamides is 1. The lowest BCUT2D eigenvalue weighted by Gasteiger charge is -2.30. The summed E-state index contributed by atoms with van der Waals surface area (Å²) in [7, 11) is -3.64. The molecule has 0 fully saturated rings. The van der Waals surface area contributed by atoms with Crippen LogP contribution in [0, 0.1) is 0 Å². The molecule has 3 aromatic rings. The van der Waals surface area contributed by atoms with E-state index in [4.69, 9.17) is 0 Å². The number of benzene rings is 2. The van der Waals surface area contributed by atoms with Crippen LogP contribution >= 0.6 is 0 Å². The van der Waals surface area contributed by atoms with E-state index in [1.165, 1.54) is 4.31 Å². The summed E-state index contributed by atoms with van der Waals surface area (Å²) in [5, 5.41) is 2.85. The van der Waals surface area contributed by atoms with Gasteiger partial charge in [0.1, 0.15) is 6.04 Å². The number of pyridine rings is 1. The van der Waals surface area contributed by atoms with Gasteiger partial charge >= 0.3 is 0 Å². The van der Waals surface area contributed by atoms with E-state index in [2.05, 4.69) is 10.3 Å². The Labute approximate surface area is 177 Å². The van der Waals surface area contributed by atoms with Crippen LogP contribution in [0.3, 0.4) is 0 Å². The molecule has 1 aromatic heterocycles. The quantitative estimate of drug-likeness (QED) is 0.597. The van der Waals surface area contributed by atoms with Crippen molar-refractivity contribution < 1.29 is 13.2 Å². The summed E-state index contributed by atoms with van der Waals surface area (Å²) in [5.41, 5.74) is 3.35. The van der Waals surface area contributed by atoms with E-state index in [1.807, 2.05) is 36.4 Å². The highest BCUT2D eigenvalue weighted by atomic mass is 32.2. The zero-order valence-corrected chi connectivity index (χ0v) is 17.8. The average molecular weight is 424 g/mol. The Kier molecular flexibility index (Phi) is 6.84. The molecule has 156 valence electrons. The highest BCUT2D eigenvalue weighted by Crippen LogP contribution is 2.23. The fraction of sp³-hybridized carbons (Fsp3) is 0.217. The first-order valence-electron chi connectivity index (χ1n) is 9.71. The predicted molar refractivity (Wildman–Crippen MR) is 120 cm³/mol. The minimum Gasteiger partial charge on any atom is -0.324 e. The summed E-state index contributed by atoms with van der Waals surface area (Å²) < 4.78 is 26.1. The summed E-state index contributed by atoms with van der Waals surface area (Å²) >= 11 is 0. The molecule has 1 N–H and O–H groups in total. The van der Waals surface area contributed by atoms with Gasteiger partial charge in [-0.1, -0.05) is 37.3 Å². The van der Waals surface area contributed by atoms with Crippen molar-refractivity contribution in [3.63, 3.8) is 0 Å². The second-order valence-electron chi connectivity index (χ2n) is 7.04. The van der Waals surface area contributed by atoms with Crippen molar-refractivity contribution >= 4 is 27.3 Å². The van der Waals surface area contributed by atoms with Crippen molar-refractivity contribution in [2.45, 2.75) is 25.8 Å². The lowest BCUT2D eigenvalue weighted by molar-refractivity contribution is -0.117. The van der Waals surface area contributed by atoms with Crippen LogP contribution in [0.5, 0.6) is 0 Å². The second kappa shape index (κ2) is 9.54. The molecule has 0 aliphatic heterocycles. The number of carbonyl (C=O) groups excluding carboxylic acids is 1. The molecular formula is C23H25N3O3S. The van der Waals surface area contributed by atoms with Crippen molar-refractivity contribution in [1.29, 1.82) is 0 Å². The van der Waals surface area contributed by atoms with Crippen LogP contribution in [0.2, 0.25) is 0 Å². The Morgan fingerprint density at radius 3 is 2.13 bits per heavy atom. The number of para-hydroxylation sites is 1. The number of aromatic nitrogens is 1.